The van der Waals surface area contributed by atoms with Crippen molar-refractivity contribution in [1.29, 1.82) is 0 Å². The molecular formula is C37H50ClFN6O10S. The molecule has 0 spiro atoms. The van der Waals surface area contributed by atoms with Crippen molar-refractivity contribution in [1.82, 2.24) is 30.1 Å². The number of carbonyl (C=O) groups excluding carboxylic acids is 6. The molecule has 2 aliphatic carbocycles. The molecule has 2 saturated carbocycles. The lowest BCUT2D eigenvalue weighted by Gasteiger charge is -2.33. The maximum atomic E-state index is 14.6. The van der Waals surface area contributed by atoms with E-state index in [4.69, 9.17) is 21.1 Å². The van der Waals surface area contributed by atoms with Crippen LogP contribution in [0.4, 0.5) is 14.0 Å². The van der Waals surface area contributed by atoms with E-state index < -0.39 is 98.0 Å². The summed E-state index contributed by atoms with van der Waals surface area (Å²) >= 11 is 5.98. The normalized spacial score (nSPS) is 28.5. The predicted molar refractivity (Wildman–Crippen MR) is 199 cm³/mol. The maximum absolute atomic E-state index is 14.6. The summed E-state index contributed by atoms with van der Waals surface area (Å²) in [5.74, 6) is -4.40. The number of nitrogens with zero attached hydrogens (tertiary/aromatic N) is 3. The number of alkyl halides is 1. The minimum absolute atomic E-state index is 0.0482. The van der Waals surface area contributed by atoms with Crippen molar-refractivity contribution < 1.29 is 51.0 Å². The lowest BCUT2D eigenvalue weighted by atomic mass is 9.95. The summed E-state index contributed by atoms with van der Waals surface area (Å²) in [6.45, 7) is 6.38. The summed E-state index contributed by atoms with van der Waals surface area (Å²) in [6, 6.07) is 1.73. The monoisotopic (exact) mass is 824 g/mol. The van der Waals surface area contributed by atoms with Gasteiger partial charge in [0, 0.05) is 25.1 Å². The molecule has 6 rings (SSSR count). The van der Waals surface area contributed by atoms with Crippen LogP contribution < -0.4 is 15.4 Å². The Morgan fingerprint density at radius 2 is 1.79 bits per heavy atom. The van der Waals surface area contributed by atoms with Crippen molar-refractivity contribution >= 4 is 57.4 Å². The number of ether oxygens (including phenoxy) is 2. The zero-order valence-corrected chi connectivity index (χ0v) is 33.5. The largest absolute Gasteiger partial charge is 0.444 e. The highest BCUT2D eigenvalue weighted by Crippen LogP contribution is 2.51. The van der Waals surface area contributed by atoms with E-state index in [0.29, 0.717) is 43.2 Å². The Kier molecular flexibility index (Phi) is 11.8. The second kappa shape index (κ2) is 16.0. The summed E-state index contributed by atoms with van der Waals surface area (Å²) in [4.78, 5) is 86.4. The third-order valence-corrected chi connectivity index (χ3v) is 13.2. The van der Waals surface area contributed by atoms with Crippen LogP contribution in [0.15, 0.2) is 18.2 Å². The van der Waals surface area contributed by atoms with Gasteiger partial charge >= 0.3 is 12.2 Å². The van der Waals surface area contributed by atoms with Gasteiger partial charge in [-0.1, -0.05) is 31.9 Å². The average Bonchev–Trinajstić information content (AvgIpc) is 4.02. The van der Waals surface area contributed by atoms with E-state index in [1.165, 1.54) is 15.9 Å². The number of amides is 6. The molecule has 6 amide bonds. The predicted octanol–water partition coefficient (Wildman–Crippen LogP) is 2.51. The molecule has 19 heteroatoms. The van der Waals surface area contributed by atoms with E-state index >= 15 is 0 Å². The lowest BCUT2D eigenvalue weighted by Crippen LogP contribution is -2.60. The Labute approximate surface area is 330 Å². The molecule has 3 heterocycles. The van der Waals surface area contributed by atoms with Crippen LogP contribution in [0, 0.1) is 17.7 Å². The van der Waals surface area contributed by atoms with Crippen LogP contribution >= 0.6 is 11.6 Å². The standard InChI is InChI=1S/C37H50ClFN6O10S/c1-21-8-5-6-13-43(30(46)16-38)20-28(40-34(50)55-36(2,3)4)32(48)45-18-23(54-35(51)44-17-22-9-7-10-27(39)25(22)19-44)14-29(45)31(47)41-37(15-26(21)37)33(49)42-56(52,53)24-11-12-24/h7,9-10,21,23-24,26,28-29H,5-6,8,11-20H2,1-4H3,(H,40,50)(H,41,47)(H,42,49)/t21?,23-,26+,28+,29?,37-/m1/s1. The van der Waals surface area contributed by atoms with E-state index in [-0.39, 0.29) is 51.5 Å². The van der Waals surface area contributed by atoms with Crippen LogP contribution in [0.25, 0.3) is 0 Å². The van der Waals surface area contributed by atoms with Gasteiger partial charge in [-0.25, -0.2) is 22.4 Å². The zero-order chi connectivity index (χ0) is 40.7. The van der Waals surface area contributed by atoms with Crippen LogP contribution in [0.3, 0.4) is 0 Å². The molecule has 3 aliphatic heterocycles. The van der Waals surface area contributed by atoms with Crippen molar-refractivity contribution in [2.24, 2.45) is 11.8 Å². The molecule has 308 valence electrons. The molecule has 0 radical (unpaired) electrons. The highest BCUT2D eigenvalue weighted by molar-refractivity contribution is 7.91. The number of carbonyl (C=O) groups is 6. The quantitative estimate of drug-likeness (QED) is 0.358. The summed E-state index contributed by atoms with van der Waals surface area (Å²) < 4.78 is 53.8. The molecule has 1 aromatic rings. The van der Waals surface area contributed by atoms with Gasteiger partial charge < -0.3 is 29.9 Å². The fraction of sp³-hybridized carbons (Fsp3) is 0.676. The first-order valence-electron chi connectivity index (χ1n) is 19.1. The second-order valence-electron chi connectivity index (χ2n) is 16.6. The number of sulfonamides is 1. The minimum atomic E-state index is -3.98. The summed E-state index contributed by atoms with van der Waals surface area (Å²) in [7, 11) is -3.98. The van der Waals surface area contributed by atoms with Crippen LogP contribution in [0.5, 0.6) is 0 Å². The topological polar surface area (TPSA) is 201 Å². The highest BCUT2D eigenvalue weighted by Gasteiger charge is 2.64. The van der Waals surface area contributed by atoms with E-state index in [1.807, 2.05) is 6.92 Å². The summed E-state index contributed by atoms with van der Waals surface area (Å²) in [5.41, 5.74) is -1.58. The van der Waals surface area contributed by atoms with Gasteiger partial charge in [-0.15, -0.1) is 11.6 Å². The van der Waals surface area contributed by atoms with Gasteiger partial charge in [-0.3, -0.25) is 28.8 Å². The van der Waals surface area contributed by atoms with Crippen LogP contribution in [0.1, 0.15) is 83.8 Å². The first-order chi connectivity index (χ1) is 26.3. The maximum Gasteiger partial charge on any atom is 0.410 e. The van der Waals surface area contributed by atoms with Crippen LogP contribution in [-0.4, -0.2) is 119 Å². The Hall–Kier alpha value is -4.19. The van der Waals surface area contributed by atoms with Gasteiger partial charge in [0.2, 0.25) is 27.7 Å². The molecular weight excluding hydrogens is 775 g/mol. The van der Waals surface area contributed by atoms with Crippen molar-refractivity contribution in [3.63, 3.8) is 0 Å². The molecule has 2 unspecified atom stereocenters. The molecule has 2 saturated heterocycles. The summed E-state index contributed by atoms with van der Waals surface area (Å²) in [5, 5.41) is 4.68. The smallest absolute Gasteiger partial charge is 0.410 e. The van der Waals surface area contributed by atoms with Gasteiger partial charge in [0.15, 0.2) is 0 Å². The number of benzene rings is 1. The zero-order valence-electron chi connectivity index (χ0n) is 32.0. The Morgan fingerprint density at radius 3 is 2.45 bits per heavy atom. The third kappa shape index (κ3) is 9.16. The minimum Gasteiger partial charge on any atom is -0.444 e. The van der Waals surface area contributed by atoms with Gasteiger partial charge in [0.25, 0.3) is 5.91 Å². The second-order valence-corrected chi connectivity index (χ2v) is 18.8. The number of alkyl carbamates (subject to hydrolysis) is 1. The number of nitrogens with one attached hydrogen (secondary N) is 3. The van der Waals surface area contributed by atoms with Crippen molar-refractivity contribution in [3.8, 4) is 0 Å². The Bertz CT molecular complexity index is 1870. The third-order valence-electron chi connectivity index (χ3n) is 11.1. The Balaban J connectivity index is 1.31. The number of hydrogen-bond acceptors (Lipinski definition) is 10. The van der Waals surface area contributed by atoms with E-state index in [0.717, 1.165) is 4.90 Å². The number of halogens is 2. The van der Waals surface area contributed by atoms with Crippen molar-refractivity contribution in [2.75, 3.05) is 25.5 Å². The van der Waals surface area contributed by atoms with E-state index in [9.17, 15) is 41.6 Å². The van der Waals surface area contributed by atoms with Crippen LogP contribution in [-0.2, 0) is 51.8 Å². The molecule has 5 aliphatic rings. The fourth-order valence-corrected chi connectivity index (χ4v) is 9.48. The molecule has 56 heavy (non-hydrogen) atoms. The molecule has 0 bridgehead atoms. The first-order valence-corrected chi connectivity index (χ1v) is 21.1. The highest BCUT2D eigenvalue weighted by atomic mass is 35.5. The molecule has 1 aromatic carbocycles. The fourth-order valence-electron chi connectivity index (χ4n) is 7.95. The van der Waals surface area contributed by atoms with Crippen molar-refractivity contribution in [3.05, 3.63) is 35.1 Å². The SMILES string of the molecule is CC1CCCCN(C(=O)CCl)C[C@H](NC(=O)OC(C)(C)C)C(=O)N2C[C@H](OC(=O)N3Cc4cccc(F)c4C3)CC2C(=O)N[C@]2(C(=O)NS(=O)(=O)C3CC3)C[C@@H]12. The molecule has 3 N–H and O–H groups in total. The molecule has 4 fully saturated rings. The number of fused-ring (bicyclic) bond motifs is 3. The first kappa shape index (κ1) is 41.4. The van der Waals surface area contributed by atoms with Crippen molar-refractivity contribution in [2.45, 2.75) is 120 Å². The van der Waals surface area contributed by atoms with Gasteiger partial charge in [0.1, 0.15) is 41.0 Å². The van der Waals surface area contributed by atoms with Gasteiger partial charge in [-0.05, 0) is 69.9 Å². The molecule has 16 nitrogen and oxygen atoms in total. The van der Waals surface area contributed by atoms with Gasteiger partial charge in [-0.2, -0.15) is 0 Å². The van der Waals surface area contributed by atoms with E-state index in [2.05, 4.69) is 15.4 Å². The van der Waals surface area contributed by atoms with E-state index in [1.54, 1.807) is 32.9 Å². The number of hydrogen-bond donors (Lipinski definition) is 3. The molecule has 0 aromatic heterocycles. The van der Waals surface area contributed by atoms with Gasteiger partial charge in [0.05, 0.1) is 24.9 Å². The lowest BCUT2D eigenvalue weighted by molar-refractivity contribution is -0.142. The average molecular weight is 825 g/mol. The molecule has 6 atom stereocenters. The number of rotatable bonds is 6. The van der Waals surface area contributed by atoms with Crippen LogP contribution in [0.2, 0.25) is 0 Å². The Morgan fingerprint density at radius 1 is 1.05 bits per heavy atom. The summed E-state index contributed by atoms with van der Waals surface area (Å²) in [6.07, 6.45) is -0.428.